The Morgan fingerprint density at radius 1 is 0.418 bits per heavy atom. The minimum absolute atomic E-state index is 0.0608. The number of nitrogens with zero attached hydrogens (tertiary/aromatic N) is 1. The molecule has 0 amide bonds. The summed E-state index contributed by atoms with van der Waals surface area (Å²) in [6.07, 6.45) is 0. The van der Waals surface area contributed by atoms with Crippen LogP contribution in [-0.2, 0) is 0 Å². The summed E-state index contributed by atoms with van der Waals surface area (Å²) < 4.78 is 68.8. The summed E-state index contributed by atoms with van der Waals surface area (Å²) in [6, 6.07) is 51.0. The summed E-state index contributed by atoms with van der Waals surface area (Å²) in [6.45, 7) is 0. The van der Waals surface area contributed by atoms with E-state index in [1.54, 1.807) is 11.3 Å². The van der Waals surface area contributed by atoms with Gasteiger partial charge in [-0.2, -0.15) is 0 Å². The quantitative estimate of drug-likeness (QED) is 0.170. The highest BCUT2D eigenvalue weighted by atomic mass is 32.1. The summed E-state index contributed by atoms with van der Waals surface area (Å²) >= 11 is 1.80. The van der Waals surface area contributed by atoms with Crippen LogP contribution in [0.4, 0.5) is 17.1 Å². The first-order valence-electron chi connectivity index (χ1n) is 21.6. The molecule has 2 nitrogen and oxygen atoms in total. The molecule has 2 heterocycles. The van der Waals surface area contributed by atoms with Gasteiger partial charge < -0.3 is 9.32 Å². The molecule has 55 heavy (non-hydrogen) atoms. The van der Waals surface area contributed by atoms with E-state index in [1.165, 1.54) is 20.2 Å². The zero-order valence-electron chi connectivity index (χ0n) is 36.3. The highest BCUT2D eigenvalue weighted by Gasteiger charge is 2.17. The molecule has 0 spiro atoms. The molecule has 0 bridgehead atoms. The number of para-hydroxylation sites is 1. The molecule has 0 radical (unpaired) electrons. The van der Waals surface area contributed by atoms with Crippen molar-refractivity contribution in [1.82, 2.24) is 0 Å². The maximum Gasteiger partial charge on any atom is 0.135 e. The van der Waals surface area contributed by atoms with Gasteiger partial charge in [0.25, 0.3) is 0 Å². The summed E-state index contributed by atoms with van der Waals surface area (Å²) in [4.78, 5) is 2.16. The Morgan fingerprint density at radius 2 is 1.07 bits per heavy atom. The molecule has 11 rings (SSSR count). The maximum absolute atomic E-state index is 8.94. The fourth-order valence-corrected chi connectivity index (χ4v) is 8.92. The van der Waals surface area contributed by atoms with Crippen LogP contribution >= 0.6 is 11.3 Å². The van der Waals surface area contributed by atoms with Crippen LogP contribution in [0.2, 0.25) is 0 Å². The van der Waals surface area contributed by atoms with Crippen molar-refractivity contribution in [2.24, 2.45) is 0 Å². The molecular weight excluding hydrogens is 687 g/mol. The van der Waals surface area contributed by atoms with E-state index in [0.717, 1.165) is 61.3 Å². The van der Waals surface area contributed by atoms with Crippen molar-refractivity contribution in [2.75, 3.05) is 4.90 Å². The number of fused-ring (bicyclic) bond motifs is 7. The summed E-state index contributed by atoms with van der Waals surface area (Å²) in [5.74, 6) is 0. The van der Waals surface area contributed by atoms with Gasteiger partial charge in [0, 0.05) is 48.0 Å². The Balaban J connectivity index is 1.06. The number of furan rings is 1. The molecule has 0 N–H and O–H groups in total. The van der Waals surface area contributed by atoms with Crippen LogP contribution < -0.4 is 4.90 Å². The van der Waals surface area contributed by atoms with Crippen molar-refractivity contribution < 1.29 is 14.0 Å². The van der Waals surface area contributed by atoms with Crippen LogP contribution in [0.3, 0.4) is 0 Å². The lowest BCUT2D eigenvalue weighted by Crippen LogP contribution is -2.10. The number of anilines is 3. The van der Waals surface area contributed by atoms with E-state index < -0.39 is 30.2 Å². The Kier molecular flexibility index (Phi) is 5.89. The zero-order chi connectivity index (χ0) is 42.4. The second kappa shape index (κ2) is 12.9. The third-order valence-corrected chi connectivity index (χ3v) is 11.5. The Bertz CT molecular complexity index is 3610. The predicted molar refractivity (Wildman–Crippen MR) is 235 cm³/mol. The standard InChI is InChI=1S/C52H33NOS/c1-2-14-42-34(10-1)11-8-17-43(42)35-22-27-39(28-23-35)53(40-29-24-36(25-30-40)44-18-9-21-51-52(44)46-16-4-6-20-50(46)55-51)41-13-7-12-37(32-41)38-26-31-49-47(33-38)45-15-3-5-19-48(45)54-49/h1-33H/i1D,2D,8D,10D,11D,14D,17D. The maximum atomic E-state index is 8.94. The highest BCUT2D eigenvalue weighted by Crippen LogP contribution is 2.43. The van der Waals surface area contributed by atoms with Gasteiger partial charge in [0.15, 0.2) is 0 Å². The van der Waals surface area contributed by atoms with Gasteiger partial charge in [-0.25, -0.2) is 0 Å². The second-order valence-electron chi connectivity index (χ2n) is 13.6. The van der Waals surface area contributed by atoms with Gasteiger partial charge in [-0.15, -0.1) is 11.3 Å². The Labute approximate surface area is 332 Å². The minimum atomic E-state index is -0.475. The molecule has 11 aromatic rings. The van der Waals surface area contributed by atoms with Gasteiger partial charge in [0.2, 0.25) is 0 Å². The molecule has 0 unspecified atom stereocenters. The number of hydrogen-bond donors (Lipinski definition) is 0. The normalized spacial score (nSPS) is 13.4. The van der Waals surface area contributed by atoms with E-state index in [-0.39, 0.29) is 28.4 Å². The zero-order valence-corrected chi connectivity index (χ0v) is 30.1. The van der Waals surface area contributed by atoms with Crippen LogP contribution in [0.25, 0.3) is 86.3 Å². The molecule has 0 aliphatic carbocycles. The molecule has 0 aliphatic heterocycles. The first-order chi connectivity index (χ1) is 30.2. The van der Waals surface area contributed by atoms with E-state index >= 15 is 0 Å². The second-order valence-corrected chi connectivity index (χ2v) is 14.6. The molecule has 258 valence electrons. The molecule has 0 aliphatic rings. The molecule has 0 atom stereocenters. The SMILES string of the molecule is [2H]c1c([2H])c([2H])c2c(-c3ccc(N(c4ccc(-c5cccc6sc7ccccc7c56)cc4)c4cccc(-c5ccc6oc7ccccc7c6c5)c4)cc3)c([2H])c([2H])c([2H])c2c1[2H]. The lowest BCUT2D eigenvalue weighted by molar-refractivity contribution is 0.669. The Morgan fingerprint density at radius 3 is 1.93 bits per heavy atom. The van der Waals surface area contributed by atoms with Crippen molar-refractivity contribution in [3.8, 4) is 33.4 Å². The van der Waals surface area contributed by atoms with Gasteiger partial charge in [0.1, 0.15) is 11.2 Å². The Hall–Kier alpha value is -6.94. The monoisotopic (exact) mass is 726 g/mol. The van der Waals surface area contributed by atoms with E-state index in [2.05, 4.69) is 108 Å². The van der Waals surface area contributed by atoms with Gasteiger partial charge in [-0.1, -0.05) is 133 Å². The molecule has 0 saturated carbocycles. The van der Waals surface area contributed by atoms with E-state index in [4.69, 9.17) is 14.0 Å². The van der Waals surface area contributed by atoms with Crippen molar-refractivity contribution in [2.45, 2.75) is 0 Å². The van der Waals surface area contributed by atoms with Crippen LogP contribution in [-0.4, -0.2) is 0 Å². The third-order valence-electron chi connectivity index (χ3n) is 10.4. The minimum Gasteiger partial charge on any atom is -0.456 e. The number of benzene rings is 9. The average molecular weight is 727 g/mol. The lowest BCUT2D eigenvalue weighted by Gasteiger charge is -2.26. The summed E-state index contributed by atoms with van der Waals surface area (Å²) in [5.41, 5.74) is 9.29. The van der Waals surface area contributed by atoms with Gasteiger partial charge in [-0.3, -0.25) is 0 Å². The lowest BCUT2D eigenvalue weighted by atomic mass is 9.97. The van der Waals surface area contributed by atoms with E-state index in [1.807, 2.05) is 54.6 Å². The van der Waals surface area contributed by atoms with Crippen LogP contribution in [0.15, 0.2) is 204 Å². The van der Waals surface area contributed by atoms with Crippen molar-refractivity contribution in [3.05, 3.63) is 200 Å². The fourth-order valence-electron chi connectivity index (χ4n) is 7.79. The molecule has 9 aromatic carbocycles. The summed E-state index contributed by atoms with van der Waals surface area (Å²) in [7, 11) is 0. The van der Waals surface area contributed by atoms with Gasteiger partial charge in [-0.05, 0) is 111 Å². The van der Waals surface area contributed by atoms with Gasteiger partial charge >= 0.3 is 0 Å². The van der Waals surface area contributed by atoms with Crippen LogP contribution in [0, 0.1) is 0 Å². The van der Waals surface area contributed by atoms with Crippen molar-refractivity contribution in [1.29, 1.82) is 0 Å². The molecule has 0 fully saturated rings. The molecular formula is C52H33NOS. The fraction of sp³-hybridized carbons (Fsp3) is 0. The topological polar surface area (TPSA) is 16.4 Å². The largest absolute Gasteiger partial charge is 0.456 e. The molecule has 3 heteroatoms. The highest BCUT2D eigenvalue weighted by molar-refractivity contribution is 7.25. The molecule has 2 aromatic heterocycles. The number of rotatable bonds is 6. The van der Waals surface area contributed by atoms with Crippen molar-refractivity contribution in [3.63, 3.8) is 0 Å². The predicted octanol–water partition coefficient (Wildman–Crippen LogP) is 15.6. The van der Waals surface area contributed by atoms with E-state index in [9.17, 15) is 0 Å². The van der Waals surface area contributed by atoms with E-state index in [0.29, 0.717) is 5.56 Å². The first-order valence-corrected chi connectivity index (χ1v) is 18.9. The number of thiophene rings is 1. The van der Waals surface area contributed by atoms with Crippen LogP contribution in [0.1, 0.15) is 9.60 Å². The average Bonchev–Trinajstić information content (AvgIpc) is 3.88. The summed E-state index contributed by atoms with van der Waals surface area (Å²) in [5, 5.41) is 4.57. The molecule has 0 saturated heterocycles. The number of hydrogen-bond acceptors (Lipinski definition) is 3. The first kappa shape index (κ1) is 25.1. The van der Waals surface area contributed by atoms with Crippen molar-refractivity contribution >= 4 is 81.3 Å². The smallest absolute Gasteiger partial charge is 0.135 e. The van der Waals surface area contributed by atoms with Crippen LogP contribution in [0.5, 0.6) is 0 Å². The van der Waals surface area contributed by atoms with Gasteiger partial charge in [0.05, 0.1) is 9.60 Å². The third kappa shape index (κ3) is 5.40.